The minimum absolute atomic E-state index is 0.0393. The van der Waals surface area contributed by atoms with Crippen molar-refractivity contribution in [2.75, 3.05) is 0 Å². The van der Waals surface area contributed by atoms with Crippen LogP contribution >= 0.6 is 0 Å². The number of nitrogens with zero attached hydrogens (tertiary/aromatic N) is 2. The van der Waals surface area contributed by atoms with Gasteiger partial charge in [0.1, 0.15) is 12.2 Å². The van der Waals surface area contributed by atoms with E-state index in [2.05, 4.69) is 11.0 Å². The van der Waals surface area contributed by atoms with Gasteiger partial charge in [0, 0.05) is 11.1 Å². The van der Waals surface area contributed by atoms with Crippen molar-refractivity contribution in [2.24, 2.45) is 5.14 Å². The Balaban J connectivity index is 2.31. The Morgan fingerprint density at radius 2 is 1.62 bits per heavy atom. The van der Waals surface area contributed by atoms with E-state index in [1.165, 1.54) is 24.3 Å². The van der Waals surface area contributed by atoms with Gasteiger partial charge >= 0.3 is 6.18 Å². The molecule has 0 unspecified atom stereocenters. The summed E-state index contributed by atoms with van der Waals surface area (Å²) in [5.74, 6) is 2.18. The Kier molecular flexibility index (Phi) is 5.26. The Morgan fingerprint density at radius 1 is 1.07 bits per heavy atom. The Bertz CT molecular complexity index is 1190. The molecule has 2 aromatic carbocycles. The van der Waals surface area contributed by atoms with Crippen LogP contribution in [-0.4, -0.2) is 18.2 Å². The summed E-state index contributed by atoms with van der Waals surface area (Å²) in [6, 6.07) is 11.7. The van der Waals surface area contributed by atoms with Crippen LogP contribution in [0.1, 0.15) is 11.3 Å². The third-order valence-corrected chi connectivity index (χ3v) is 5.19. The average Bonchev–Trinajstić information content (AvgIpc) is 3.02. The van der Waals surface area contributed by atoms with Crippen LogP contribution in [-0.2, 0) is 22.7 Å². The number of nitrogens with two attached hydrogens (primary N) is 1. The van der Waals surface area contributed by atoms with E-state index < -0.39 is 21.9 Å². The fourth-order valence-electron chi connectivity index (χ4n) is 2.95. The van der Waals surface area contributed by atoms with Crippen LogP contribution in [0.15, 0.2) is 53.4 Å². The summed E-state index contributed by atoms with van der Waals surface area (Å²) >= 11 is 0. The number of sulfonamides is 1. The van der Waals surface area contributed by atoms with Gasteiger partial charge in [-0.15, -0.1) is 6.42 Å². The molecule has 1 aromatic heterocycles. The molecule has 3 aromatic rings. The maximum Gasteiger partial charge on any atom is 0.433 e. The lowest BCUT2D eigenvalue weighted by Gasteiger charge is -2.12. The van der Waals surface area contributed by atoms with Crippen LogP contribution in [0.2, 0.25) is 0 Å². The molecule has 0 amide bonds. The highest BCUT2D eigenvalue weighted by Crippen LogP contribution is 2.42. The summed E-state index contributed by atoms with van der Waals surface area (Å²) in [4.78, 5) is -0.155. The van der Waals surface area contributed by atoms with Gasteiger partial charge in [-0.1, -0.05) is 47.9 Å². The molecule has 0 saturated carbocycles. The molecule has 1 heterocycles. The molecule has 0 fully saturated rings. The summed E-state index contributed by atoms with van der Waals surface area (Å²) in [7, 11) is -3.94. The van der Waals surface area contributed by atoms with Gasteiger partial charge in [-0.2, -0.15) is 18.3 Å². The molecule has 0 radical (unpaired) electrons. The zero-order valence-electron chi connectivity index (χ0n) is 15.2. The van der Waals surface area contributed by atoms with Crippen LogP contribution in [0, 0.1) is 19.3 Å². The molecule has 0 aliphatic rings. The minimum atomic E-state index is -4.71. The molecule has 3 rings (SSSR count). The van der Waals surface area contributed by atoms with Crippen molar-refractivity contribution in [3.05, 3.63) is 59.8 Å². The molecule has 0 aliphatic carbocycles. The molecule has 0 spiro atoms. The van der Waals surface area contributed by atoms with Crippen molar-refractivity contribution in [3.63, 3.8) is 0 Å². The van der Waals surface area contributed by atoms with E-state index in [0.29, 0.717) is 11.1 Å². The highest BCUT2D eigenvalue weighted by Gasteiger charge is 2.40. The molecule has 150 valence electrons. The van der Waals surface area contributed by atoms with Crippen LogP contribution < -0.4 is 5.14 Å². The van der Waals surface area contributed by atoms with Crippen LogP contribution in [0.25, 0.3) is 22.4 Å². The SMILES string of the molecule is C#CCn1nc(-c2ccc(S(N)(=O)=O)cc2)c(-c2ccc(C)cc2)c1C(F)(F)F. The van der Waals surface area contributed by atoms with E-state index in [1.807, 2.05) is 6.92 Å². The van der Waals surface area contributed by atoms with Crippen molar-refractivity contribution in [1.82, 2.24) is 9.78 Å². The van der Waals surface area contributed by atoms with Gasteiger partial charge in [0.2, 0.25) is 10.0 Å². The van der Waals surface area contributed by atoms with Gasteiger partial charge in [0.25, 0.3) is 0 Å². The van der Waals surface area contributed by atoms with Crippen molar-refractivity contribution in [1.29, 1.82) is 0 Å². The largest absolute Gasteiger partial charge is 0.433 e. The van der Waals surface area contributed by atoms with Gasteiger partial charge in [0.15, 0.2) is 5.69 Å². The summed E-state index contributed by atoms with van der Waals surface area (Å²) in [6.07, 6.45) is 0.533. The number of rotatable bonds is 4. The van der Waals surface area contributed by atoms with Crippen LogP contribution in [0.4, 0.5) is 13.2 Å². The molecular formula is C20H16F3N3O2S. The normalized spacial score (nSPS) is 12.0. The van der Waals surface area contributed by atoms with Crippen LogP contribution in [0.5, 0.6) is 0 Å². The lowest BCUT2D eigenvalue weighted by molar-refractivity contribution is -0.143. The van der Waals surface area contributed by atoms with E-state index >= 15 is 0 Å². The number of aryl methyl sites for hydroxylation is 1. The van der Waals surface area contributed by atoms with Gasteiger partial charge in [0.05, 0.1) is 4.90 Å². The van der Waals surface area contributed by atoms with Crippen LogP contribution in [0.3, 0.4) is 0 Å². The fraction of sp³-hybridized carbons (Fsp3) is 0.150. The number of alkyl halides is 3. The van der Waals surface area contributed by atoms with E-state index in [4.69, 9.17) is 11.6 Å². The molecule has 0 aliphatic heterocycles. The first-order valence-electron chi connectivity index (χ1n) is 8.34. The predicted molar refractivity (Wildman–Crippen MR) is 103 cm³/mol. The third-order valence-electron chi connectivity index (χ3n) is 4.26. The molecule has 2 N–H and O–H groups in total. The topological polar surface area (TPSA) is 78.0 Å². The molecule has 29 heavy (non-hydrogen) atoms. The standard InChI is InChI=1S/C20H16F3N3O2S/c1-3-12-26-19(20(21,22)23)17(14-6-4-13(2)5-7-14)18(25-26)15-8-10-16(11-9-15)29(24,27)28/h1,4-11H,12H2,2H3,(H2,24,27,28). The Hall–Kier alpha value is -3.09. The molecule has 9 heteroatoms. The molecular weight excluding hydrogens is 403 g/mol. The Morgan fingerprint density at radius 3 is 2.10 bits per heavy atom. The lowest BCUT2D eigenvalue weighted by Crippen LogP contribution is -2.15. The summed E-state index contributed by atoms with van der Waals surface area (Å²) in [5.41, 5.74) is 0.446. The highest BCUT2D eigenvalue weighted by atomic mass is 32.2. The maximum absolute atomic E-state index is 13.9. The quantitative estimate of drug-likeness (QED) is 0.653. The average molecular weight is 419 g/mol. The monoisotopic (exact) mass is 419 g/mol. The van der Waals surface area contributed by atoms with Crippen molar-refractivity contribution < 1.29 is 21.6 Å². The summed E-state index contributed by atoms with van der Waals surface area (Å²) in [5, 5.41) is 9.19. The smallest absolute Gasteiger partial charge is 0.247 e. The highest BCUT2D eigenvalue weighted by molar-refractivity contribution is 7.89. The van der Waals surface area contributed by atoms with Gasteiger partial charge in [-0.25, -0.2) is 18.2 Å². The maximum atomic E-state index is 13.9. The van der Waals surface area contributed by atoms with Crippen molar-refractivity contribution in [3.8, 4) is 34.7 Å². The first-order chi connectivity index (χ1) is 13.5. The van der Waals surface area contributed by atoms with Crippen molar-refractivity contribution >= 4 is 10.0 Å². The molecule has 0 saturated heterocycles. The van der Waals surface area contributed by atoms with Crippen molar-refractivity contribution in [2.45, 2.75) is 24.5 Å². The molecule has 0 bridgehead atoms. The second-order valence-electron chi connectivity index (χ2n) is 6.37. The molecule has 5 nitrogen and oxygen atoms in total. The third kappa shape index (κ3) is 4.18. The van der Waals surface area contributed by atoms with E-state index in [0.717, 1.165) is 10.2 Å². The number of primary sulfonamides is 1. The van der Waals surface area contributed by atoms with Gasteiger partial charge in [-0.05, 0) is 24.6 Å². The number of terminal acetylenes is 1. The fourth-order valence-corrected chi connectivity index (χ4v) is 3.46. The van der Waals surface area contributed by atoms with E-state index in [-0.39, 0.29) is 22.7 Å². The second-order valence-corrected chi connectivity index (χ2v) is 7.93. The van der Waals surface area contributed by atoms with Gasteiger partial charge < -0.3 is 0 Å². The zero-order chi connectivity index (χ0) is 21.4. The summed E-state index contributed by atoms with van der Waals surface area (Å²) < 4.78 is 65.4. The van der Waals surface area contributed by atoms with E-state index in [9.17, 15) is 21.6 Å². The van der Waals surface area contributed by atoms with Gasteiger partial charge in [-0.3, -0.25) is 0 Å². The second kappa shape index (κ2) is 7.39. The number of hydrogen-bond acceptors (Lipinski definition) is 3. The molecule has 0 atom stereocenters. The first-order valence-corrected chi connectivity index (χ1v) is 9.88. The first kappa shape index (κ1) is 20.6. The number of halogens is 3. The lowest BCUT2D eigenvalue weighted by atomic mass is 9.98. The number of benzene rings is 2. The predicted octanol–water partition coefficient (Wildman–Crippen LogP) is 3.82. The Labute approximate surface area is 166 Å². The minimum Gasteiger partial charge on any atom is -0.247 e. The van der Waals surface area contributed by atoms with E-state index in [1.54, 1.807) is 24.3 Å². The summed E-state index contributed by atoms with van der Waals surface area (Å²) in [6.45, 7) is 1.45. The zero-order valence-corrected chi connectivity index (χ0v) is 16.1. The number of aromatic nitrogens is 2. The number of hydrogen-bond donors (Lipinski definition) is 1.